The molecule has 0 saturated carbocycles. The fraction of sp³-hybridized carbons (Fsp3) is 0.143. The lowest BCUT2D eigenvalue weighted by Crippen LogP contribution is -2.10. The Hall–Kier alpha value is -2.31. The molecule has 30 heavy (non-hydrogen) atoms. The highest BCUT2D eigenvalue weighted by atomic mass is 32.2. The zero-order valence-electron chi connectivity index (χ0n) is 14.9. The molecule has 0 bridgehead atoms. The van der Waals surface area contributed by atoms with Gasteiger partial charge in [0.05, 0.1) is 34.3 Å². The van der Waals surface area contributed by atoms with Gasteiger partial charge in [-0.3, -0.25) is 8.74 Å². The minimum absolute atomic E-state index is 0.00460. The van der Waals surface area contributed by atoms with Crippen molar-refractivity contribution in [3.8, 4) is 0 Å². The summed E-state index contributed by atoms with van der Waals surface area (Å²) in [6, 6.07) is 7.40. The van der Waals surface area contributed by atoms with E-state index < -0.39 is 24.9 Å². The number of hydrogen-bond acceptors (Lipinski definition) is 13. The van der Waals surface area contributed by atoms with E-state index in [2.05, 4.69) is 19.6 Å². The number of nitrogens with two attached hydrogens (primary N) is 2. The Balaban J connectivity index is 2.13. The zero-order chi connectivity index (χ0) is 22.4. The average molecular weight is 481 g/mol. The highest BCUT2D eigenvalue weighted by Gasteiger charge is 2.17. The standard InChI is InChI=1S/C14H16N4O9S3/c15-11-7-12(16)14(30(22,23)24)8-13(11)18-17-9-1-3-10(4-2-9)29(20,21)6-5-25-28-27-26-19/h1-4,7-8,19H,5-6,15-16H2,(H,22,23,24). The first-order valence-electron chi connectivity index (χ1n) is 7.72. The van der Waals surface area contributed by atoms with Crippen molar-refractivity contribution in [1.29, 1.82) is 0 Å². The molecule has 2 aromatic rings. The second kappa shape index (κ2) is 10.1. The second-order valence-electron chi connectivity index (χ2n) is 5.47. The van der Waals surface area contributed by atoms with Crippen molar-refractivity contribution in [2.24, 2.45) is 10.2 Å². The van der Waals surface area contributed by atoms with Crippen LogP contribution < -0.4 is 11.5 Å². The van der Waals surface area contributed by atoms with Crippen LogP contribution in [0.25, 0.3) is 0 Å². The summed E-state index contributed by atoms with van der Waals surface area (Å²) < 4.78 is 64.8. The Labute approximate surface area is 175 Å². The number of nitrogen functional groups attached to an aromatic ring is 2. The average Bonchev–Trinajstić information content (AvgIpc) is 2.66. The number of anilines is 2. The highest BCUT2D eigenvalue weighted by Crippen LogP contribution is 2.32. The maximum atomic E-state index is 12.2. The molecule has 164 valence electrons. The second-order valence-corrected chi connectivity index (χ2v) is 9.48. The van der Waals surface area contributed by atoms with Crippen molar-refractivity contribution in [3.63, 3.8) is 0 Å². The molecule has 0 aliphatic rings. The number of rotatable bonds is 10. The van der Waals surface area contributed by atoms with Gasteiger partial charge in [0.15, 0.2) is 22.2 Å². The van der Waals surface area contributed by atoms with E-state index in [1.165, 1.54) is 24.3 Å². The van der Waals surface area contributed by atoms with E-state index in [-0.39, 0.29) is 52.3 Å². The van der Waals surface area contributed by atoms with Crippen LogP contribution in [0.4, 0.5) is 22.7 Å². The van der Waals surface area contributed by atoms with E-state index in [0.717, 1.165) is 12.1 Å². The fourth-order valence-corrected chi connectivity index (χ4v) is 4.10. The van der Waals surface area contributed by atoms with Crippen LogP contribution in [0.1, 0.15) is 0 Å². The smallest absolute Gasteiger partial charge is 0.296 e. The topological polar surface area (TPSA) is 213 Å². The Morgan fingerprint density at radius 1 is 1.00 bits per heavy atom. The molecule has 0 aromatic heterocycles. The Morgan fingerprint density at radius 3 is 2.27 bits per heavy atom. The van der Waals surface area contributed by atoms with E-state index in [1.54, 1.807) is 0 Å². The molecule has 6 N–H and O–H groups in total. The summed E-state index contributed by atoms with van der Waals surface area (Å²) >= 11 is 0.265. The fourth-order valence-electron chi connectivity index (χ4n) is 2.07. The number of benzene rings is 2. The largest absolute Gasteiger partial charge is 0.398 e. The van der Waals surface area contributed by atoms with Gasteiger partial charge >= 0.3 is 0 Å². The third-order valence-electron chi connectivity index (χ3n) is 3.45. The van der Waals surface area contributed by atoms with Gasteiger partial charge in [0.1, 0.15) is 10.6 Å². The van der Waals surface area contributed by atoms with E-state index in [4.69, 9.17) is 25.5 Å². The van der Waals surface area contributed by atoms with Gasteiger partial charge in [-0.05, 0) is 36.4 Å². The Morgan fingerprint density at radius 2 is 1.67 bits per heavy atom. The number of sulfone groups is 1. The molecule has 2 aromatic carbocycles. The molecular formula is C14H16N4O9S3. The summed E-state index contributed by atoms with van der Waals surface area (Å²) in [4.78, 5) is -0.571. The lowest BCUT2D eigenvalue weighted by atomic mass is 10.2. The van der Waals surface area contributed by atoms with Gasteiger partial charge in [-0.1, -0.05) is 5.04 Å². The Bertz CT molecular complexity index is 1120. The Kier molecular flexibility index (Phi) is 8.10. The van der Waals surface area contributed by atoms with Crippen LogP contribution in [0.2, 0.25) is 0 Å². The molecular weight excluding hydrogens is 464 g/mol. The van der Waals surface area contributed by atoms with Crippen LogP contribution in [-0.4, -0.2) is 39.0 Å². The SMILES string of the molecule is Nc1cc(N)c(S(=O)(=O)O)cc1N=Nc1ccc(S(=O)(=O)CCOSOOO)cc1. The molecule has 13 nitrogen and oxygen atoms in total. The van der Waals surface area contributed by atoms with Gasteiger partial charge in [-0.15, -0.1) is 9.45 Å². The number of azo groups is 1. The normalized spacial score (nSPS) is 12.5. The van der Waals surface area contributed by atoms with Crippen molar-refractivity contribution >= 4 is 55.0 Å². The van der Waals surface area contributed by atoms with Crippen molar-refractivity contribution in [1.82, 2.24) is 0 Å². The van der Waals surface area contributed by atoms with Gasteiger partial charge in [0.2, 0.25) is 0 Å². The van der Waals surface area contributed by atoms with E-state index in [1.807, 2.05) is 0 Å². The summed E-state index contributed by atoms with van der Waals surface area (Å²) in [6.07, 6.45) is 0. The van der Waals surface area contributed by atoms with Crippen LogP contribution in [0, 0.1) is 0 Å². The minimum atomic E-state index is -4.58. The lowest BCUT2D eigenvalue weighted by Gasteiger charge is -2.06. The third-order valence-corrected chi connectivity index (χ3v) is 6.43. The maximum Gasteiger partial charge on any atom is 0.296 e. The van der Waals surface area contributed by atoms with Crippen LogP contribution >= 0.6 is 12.3 Å². The highest BCUT2D eigenvalue weighted by molar-refractivity contribution is 7.91. The van der Waals surface area contributed by atoms with Crippen LogP contribution in [0.5, 0.6) is 0 Å². The molecule has 0 aliphatic heterocycles. The van der Waals surface area contributed by atoms with Crippen molar-refractivity contribution in [2.75, 3.05) is 23.8 Å². The van der Waals surface area contributed by atoms with Gasteiger partial charge in [-0.25, -0.2) is 13.7 Å². The molecule has 0 radical (unpaired) electrons. The molecule has 0 aliphatic carbocycles. The van der Waals surface area contributed by atoms with Gasteiger partial charge in [0.25, 0.3) is 10.1 Å². The summed E-state index contributed by atoms with van der Waals surface area (Å²) in [5.74, 6) is -0.365. The quantitative estimate of drug-likeness (QED) is 0.0733. The van der Waals surface area contributed by atoms with Crippen LogP contribution in [0.15, 0.2) is 56.4 Å². The van der Waals surface area contributed by atoms with E-state index >= 15 is 0 Å². The molecule has 2 rings (SSSR count). The monoisotopic (exact) mass is 480 g/mol. The van der Waals surface area contributed by atoms with Gasteiger partial charge < -0.3 is 11.5 Å². The summed E-state index contributed by atoms with van der Waals surface area (Å²) in [6.45, 7) is -0.232. The first-order valence-corrected chi connectivity index (χ1v) is 11.5. The van der Waals surface area contributed by atoms with Crippen molar-refractivity contribution < 1.29 is 40.2 Å². The van der Waals surface area contributed by atoms with Crippen LogP contribution in [-0.2, 0) is 33.5 Å². The molecule has 0 atom stereocenters. The van der Waals surface area contributed by atoms with Gasteiger partial charge in [-0.2, -0.15) is 13.5 Å². The molecule has 0 spiro atoms. The lowest BCUT2D eigenvalue weighted by molar-refractivity contribution is -0.434. The van der Waals surface area contributed by atoms with Gasteiger partial charge in [0, 0.05) is 0 Å². The van der Waals surface area contributed by atoms with E-state index in [9.17, 15) is 16.8 Å². The number of nitrogens with zero attached hydrogens (tertiary/aromatic N) is 2. The number of hydrogen-bond donors (Lipinski definition) is 4. The van der Waals surface area contributed by atoms with Crippen molar-refractivity contribution in [3.05, 3.63) is 36.4 Å². The van der Waals surface area contributed by atoms with Crippen molar-refractivity contribution in [2.45, 2.75) is 9.79 Å². The molecule has 0 unspecified atom stereocenters. The minimum Gasteiger partial charge on any atom is -0.398 e. The predicted molar refractivity (Wildman–Crippen MR) is 106 cm³/mol. The van der Waals surface area contributed by atoms with Crippen LogP contribution in [0.3, 0.4) is 0 Å². The summed E-state index contributed by atoms with van der Waals surface area (Å²) in [5, 5.41) is 18.9. The predicted octanol–water partition coefficient (Wildman–Crippen LogP) is 2.29. The molecule has 0 amide bonds. The molecule has 0 heterocycles. The first-order chi connectivity index (χ1) is 14.0. The zero-order valence-corrected chi connectivity index (χ0v) is 17.4. The summed E-state index contributed by atoms with van der Waals surface area (Å²) in [5.41, 5.74) is 11.2. The van der Waals surface area contributed by atoms with E-state index in [0.29, 0.717) is 0 Å². The molecule has 0 saturated heterocycles. The maximum absolute atomic E-state index is 12.2. The molecule has 0 fully saturated rings. The summed E-state index contributed by atoms with van der Waals surface area (Å²) in [7, 11) is -8.24. The first kappa shape index (κ1) is 24.0. The third kappa shape index (κ3) is 6.61. The molecule has 16 heteroatoms.